The largest absolute Gasteiger partial charge is 0.489 e. The van der Waals surface area contributed by atoms with Gasteiger partial charge in [0.1, 0.15) is 23.6 Å². The van der Waals surface area contributed by atoms with Crippen molar-refractivity contribution in [3.63, 3.8) is 0 Å². The number of hydrogen-bond acceptors (Lipinski definition) is 2. The van der Waals surface area contributed by atoms with Gasteiger partial charge in [-0.3, -0.25) is 4.79 Å². The summed E-state index contributed by atoms with van der Waals surface area (Å²) in [7, 11) is 2.16. The lowest BCUT2D eigenvalue weighted by Gasteiger charge is -2.20. The molecule has 0 aromatic heterocycles. The second-order valence-electron chi connectivity index (χ2n) is 8.18. The van der Waals surface area contributed by atoms with Crippen LogP contribution in [0, 0.1) is 11.7 Å². The zero-order valence-electron chi connectivity index (χ0n) is 17.3. The summed E-state index contributed by atoms with van der Waals surface area (Å²) >= 11 is 0. The minimum atomic E-state index is -1.69. The standard InChI is InChI=1S/C24H27F2O3P/c1-15-11-18(21(12-15)16-3-7-19(25)8-4-16)14-29-20-9-5-17(6-10-23(27)28)22(13-20)24(2,26)30/h3-5,7-9,13,15H,6,10-12,14,30H2,1-2H3,(H,27,28). The van der Waals surface area contributed by atoms with Crippen molar-refractivity contribution in [1.82, 2.24) is 0 Å². The van der Waals surface area contributed by atoms with Gasteiger partial charge in [0.2, 0.25) is 0 Å². The second kappa shape index (κ2) is 9.26. The Labute approximate surface area is 178 Å². The number of hydrogen-bond donors (Lipinski definition) is 1. The van der Waals surface area contributed by atoms with Gasteiger partial charge in [-0.1, -0.05) is 34.4 Å². The number of carboxylic acids is 1. The van der Waals surface area contributed by atoms with Crippen LogP contribution >= 0.6 is 9.24 Å². The molecule has 1 aliphatic carbocycles. The topological polar surface area (TPSA) is 46.5 Å². The molecule has 0 saturated carbocycles. The molecule has 2 aromatic carbocycles. The van der Waals surface area contributed by atoms with Crippen molar-refractivity contribution in [3.05, 3.63) is 70.5 Å². The first-order chi connectivity index (χ1) is 14.1. The summed E-state index contributed by atoms with van der Waals surface area (Å²) in [4.78, 5) is 10.9. The predicted octanol–water partition coefficient (Wildman–Crippen LogP) is 6.12. The van der Waals surface area contributed by atoms with Crippen LogP contribution in [0.3, 0.4) is 0 Å². The molecule has 1 aliphatic rings. The predicted molar refractivity (Wildman–Crippen MR) is 118 cm³/mol. The zero-order valence-corrected chi connectivity index (χ0v) is 18.4. The lowest BCUT2D eigenvalue weighted by Crippen LogP contribution is -2.11. The molecule has 0 fully saturated rings. The molecule has 1 N–H and O–H groups in total. The summed E-state index contributed by atoms with van der Waals surface area (Å²) in [6.45, 7) is 3.98. The van der Waals surface area contributed by atoms with Gasteiger partial charge in [-0.25, -0.2) is 8.78 Å². The van der Waals surface area contributed by atoms with E-state index in [-0.39, 0.29) is 18.7 Å². The van der Waals surface area contributed by atoms with Crippen molar-refractivity contribution < 1.29 is 23.4 Å². The molecule has 0 heterocycles. The molecule has 0 saturated heterocycles. The Balaban J connectivity index is 1.80. The zero-order chi connectivity index (χ0) is 21.9. The van der Waals surface area contributed by atoms with Crippen molar-refractivity contribution in [2.24, 2.45) is 5.92 Å². The number of ether oxygens (including phenoxy) is 1. The Kier molecular flexibility index (Phi) is 6.92. The third-order valence-corrected chi connectivity index (χ3v) is 5.71. The van der Waals surface area contributed by atoms with E-state index >= 15 is 0 Å². The van der Waals surface area contributed by atoms with Crippen molar-refractivity contribution in [3.8, 4) is 5.75 Å². The maximum atomic E-state index is 14.7. The van der Waals surface area contributed by atoms with Gasteiger partial charge in [0.25, 0.3) is 0 Å². The van der Waals surface area contributed by atoms with Gasteiger partial charge in [0.15, 0.2) is 0 Å². The van der Waals surface area contributed by atoms with E-state index in [0.29, 0.717) is 29.4 Å². The smallest absolute Gasteiger partial charge is 0.303 e. The Morgan fingerprint density at radius 3 is 2.57 bits per heavy atom. The van der Waals surface area contributed by atoms with Crippen LogP contribution in [0.15, 0.2) is 48.0 Å². The Bertz CT molecular complexity index is 946. The monoisotopic (exact) mass is 432 g/mol. The normalized spacial score (nSPS) is 18.4. The highest BCUT2D eigenvalue weighted by atomic mass is 31.0. The maximum absolute atomic E-state index is 14.7. The van der Waals surface area contributed by atoms with Gasteiger partial charge in [-0.15, -0.1) is 0 Å². The van der Waals surface area contributed by atoms with Crippen molar-refractivity contribution in [1.29, 1.82) is 0 Å². The molecular formula is C24H27F2O3P. The molecule has 0 bridgehead atoms. The third-order valence-electron chi connectivity index (χ3n) is 5.40. The molecule has 0 radical (unpaired) electrons. The summed E-state index contributed by atoms with van der Waals surface area (Å²) in [6.07, 6.45) is 2.02. The molecule has 0 aliphatic heterocycles. The molecule has 160 valence electrons. The van der Waals surface area contributed by atoms with E-state index in [1.807, 2.05) is 0 Å². The number of alkyl halides is 1. The SMILES string of the molecule is CC1CC(COc2ccc(CCC(=O)O)c(C(C)(F)P)c2)=C(c2ccc(F)cc2)C1. The Morgan fingerprint density at radius 2 is 1.93 bits per heavy atom. The lowest BCUT2D eigenvalue weighted by atomic mass is 9.99. The van der Waals surface area contributed by atoms with Crippen LogP contribution in [0.1, 0.15) is 49.8 Å². The number of halogens is 2. The summed E-state index contributed by atoms with van der Waals surface area (Å²) in [6, 6.07) is 11.7. The molecule has 3 nitrogen and oxygen atoms in total. The minimum Gasteiger partial charge on any atom is -0.489 e. The first kappa shape index (κ1) is 22.4. The van der Waals surface area contributed by atoms with E-state index < -0.39 is 11.4 Å². The fourth-order valence-electron chi connectivity index (χ4n) is 3.96. The minimum absolute atomic E-state index is 0.0558. The van der Waals surface area contributed by atoms with E-state index in [0.717, 1.165) is 18.4 Å². The van der Waals surface area contributed by atoms with Crippen molar-refractivity contribution in [2.75, 3.05) is 6.61 Å². The number of carboxylic acid groups (broad SMARTS) is 1. The summed E-state index contributed by atoms with van der Waals surface area (Å²) < 4.78 is 34.0. The van der Waals surface area contributed by atoms with E-state index in [1.165, 1.54) is 30.2 Å². The van der Waals surface area contributed by atoms with E-state index in [2.05, 4.69) is 16.2 Å². The quantitative estimate of drug-likeness (QED) is 0.511. The average Bonchev–Trinajstić information content (AvgIpc) is 3.05. The van der Waals surface area contributed by atoms with E-state index in [1.54, 1.807) is 30.3 Å². The fraction of sp³-hybridized carbons (Fsp3) is 0.375. The molecule has 0 spiro atoms. The van der Waals surface area contributed by atoms with Crippen molar-refractivity contribution >= 4 is 20.8 Å². The third kappa shape index (κ3) is 5.66. The van der Waals surface area contributed by atoms with Gasteiger partial charge in [-0.2, -0.15) is 0 Å². The van der Waals surface area contributed by atoms with Crippen LogP contribution in [0.25, 0.3) is 5.57 Å². The summed E-state index contributed by atoms with van der Waals surface area (Å²) in [5.41, 5.74) is 4.43. The Morgan fingerprint density at radius 1 is 1.23 bits per heavy atom. The molecule has 3 rings (SSSR count). The lowest BCUT2D eigenvalue weighted by molar-refractivity contribution is -0.136. The van der Waals surface area contributed by atoms with Crippen LogP contribution in [-0.4, -0.2) is 17.7 Å². The van der Waals surface area contributed by atoms with Gasteiger partial charge in [0, 0.05) is 6.42 Å². The van der Waals surface area contributed by atoms with E-state index in [9.17, 15) is 13.6 Å². The van der Waals surface area contributed by atoms with Crippen LogP contribution in [0.5, 0.6) is 5.75 Å². The van der Waals surface area contributed by atoms with Crippen molar-refractivity contribution in [2.45, 2.75) is 44.9 Å². The van der Waals surface area contributed by atoms with Crippen LogP contribution in [0.2, 0.25) is 0 Å². The van der Waals surface area contributed by atoms with Crippen LogP contribution in [-0.2, 0) is 16.6 Å². The second-order valence-corrected chi connectivity index (χ2v) is 9.26. The molecular weight excluding hydrogens is 405 g/mol. The number of allylic oxidation sites excluding steroid dienone is 1. The van der Waals surface area contributed by atoms with Gasteiger partial charge >= 0.3 is 5.97 Å². The number of rotatable bonds is 8. The summed E-state index contributed by atoms with van der Waals surface area (Å²) in [5, 5.41) is 7.25. The summed E-state index contributed by atoms with van der Waals surface area (Å²) in [5.74, 6) is -0.147. The van der Waals surface area contributed by atoms with Gasteiger partial charge in [0.05, 0.1) is 0 Å². The van der Waals surface area contributed by atoms with E-state index in [4.69, 9.17) is 9.84 Å². The number of benzene rings is 2. The number of carbonyl (C=O) groups is 1. The van der Waals surface area contributed by atoms with Crippen LogP contribution in [0.4, 0.5) is 8.78 Å². The first-order valence-corrected chi connectivity index (χ1v) is 10.6. The highest BCUT2D eigenvalue weighted by Gasteiger charge is 2.25. The fourth-order valence-corrected chi connectivity index (χ4v) is 4.23. The average molecular weight is 432 g/mol. The molecule has 30 heavy (non-hydrogen) atoms. The van der Waals surface area contributed by atoms with Gasteiger partial charge in [-0.05, 0) is 84.2 Å². The molecule has 3 unspecified atom stereocenters. The molecule has 2 aromatic rings. The van der Waals surface area contributed by atoms with Gasteiger partial charge < -0.3 is 9.84 Å². The Hall–Kier alpha value is -2.26. The molecule has 6 heteroatoms. The first-order valence-electron chi connectivity index (χ1n) is 10.1. The molecule has 0 amide bonds. The maximum Gasteiger partial charge on any atom is 0.303 e. The number of aryl methyl sites for hydroxylation is 1. The number of aliphatic carboxylic acids is 1. The molecule has 3 atom stereocenters. The highest BCUT2D eigenvalue weighted by Crippen LogP contribution is 2.39. The van der Waals surface area contributed by atoms with Crippen LogP contribution < -0.4 is 4.74 Å². The highest BCUT2D eigenvalue weighted by molar-refractivity contribution is 7.18.